The number of amides is 1. The zero-order valence-corrected chi connectivity index (χ0v) is 14.8. The first-order valence-electron chi connectivity index (χ1n) is 8.18. The number of rotatable bonds is 6. The van der Waals surface area contributed by atoms with Gasteiger partial charge in [-0.25, -0.2) is 5.43 Å². The van der Waals surface area contributed by atoms with E-state index in [2.05, 4.69) is 47.9 Å². The Hall–Kier alpha value is -2.62. The van der Waals surface area contributed by atoms with Crippen LogP contribution in [-0.4, -0.2) is 18.7 Å². The Kier molecular flexibility index (Phi) is 6.13. The van der Waals surface area contributed by atoms with Crippen LogP contribution in [0.4, 0.5) is 5.69 Å². The zero-order chi connectivity index (χ0) is 17.5. The van der Waals surface area contributed by atoms with E-state index in [1.54, 1.807) is 6.21 Å². The minimum absolute atomic E-state index is 0.176. The van der Waals surface area contributed by atoms with E-state index in [0.29, 0.717) is 5.92 Å². The van der Waals surface area contributed by atoms with E-state index < -0.39 is 0 Å². The molecule has 0 unspecified atom stereocenters. The van der Waals surface area contributed by atoms with Gasteiger partial charge in [0.2, 0.25) is 0 Å². The Morgan fingerprint density at radius 2 is 1.83 bits per heavy atom. The average molecular weight is 323 g/mol. The minimum atomic E-state index is -0.176. The number of carbonyl (C=O) groups excluding carboxylic acids is 1. The third-order valence-electron chi connectivity index (χ3n) is 3.83. The normalized spacial score (nSPS) is 11.0. The molecule has 4 heteroatoms. The fourth-order valence-electron chi connectivity index (χ4n) is 2.37. The molecule has 126 valence electrons. The summed E-state index contributed by atoms with van der Waals surface area (Å²) in [6.45, 7) is 8.57. The Morgan fingerprint density at radius 3 is 2.46 bits per heavy atom. The standard InChI is InChI=1S/C20H25N3O/c1-14(2)18-8-6-17(7-9-18)12-22-23-20(24)13-21-19-10-5-15(3)11-16(19)4/h5-12,14,21H,13H2,1-4H3,(H,23,24). The van der Waals surface area contributed by atoms with Crippen molar-refractivity contribution in [1.82, 2.24) is 5.43 Å². The molecule has 0 heterocycles. The molecule has 0 saturated carbocycles. The molecule has 0 aromatic heterocycles. The molecule has 24 heavy (non-hydrogen) atoms. The molecular weight excluding hydrogens is 298 g/mol. The monoisotopic (exact) mass is 323 g/mol. The lowest BCUT2D eigenvalue weighted by atomic mass is 10.0. The first-order chi connectivity index (χ1) is 11.5. The van der Waals surface area contributed by atoms with E-state index in [1.165, 1.54) is 11.1 Å². The number of hydrogen-bond donors (Lipinski definition) is 2. The van der Waals surface area contributed by atoms with Crippen molar-refractivity contribution in [2.24, 2.45) is 5.10 Å². The van der Waals surface area contributed by atoms with Crippen molar-refractivity contribution in [3.05, 3.63) is 64.7 Å². The molecule has 0 atom stereocenters. The van der Waals surface area contributed by atoms with Crippen LogP contribution in [0.3, 0.4) is 0 Å². The van der Waals surface area contributed by atoms with Crippen LogP contribution >= 0.6 is 0 Å². The predicted molar refractivity (Wildman–Crippen MR) is 101 cm³/mol. The van der Waals surface area contributed by atoms with Crippen molar-refractivity contribution in [1.29, 1.82) is 0 Å². The van der Waals surface area contributed by atoms with E-state index in [4.69, 9.17) is 0 Å². The quantitative estimate of drug-likeness (QED) is 0.624. The van der Waals surface area contributed by atoms with Gasteiger partial charge in [0.15, 0.2) is 0 Å². The second-order valence-electron chi connectivity index (χ2n) is 6.29. The van der Waals surface area contributed by atoms with Gasteiger partial charge in [-0.2, -0.15) is 5.10 Å². The number of benzene rings is 2. The summed E-state index contributed by atoms with van der Waals surface area (Å²) >= 11 is 0. The maximum atomic E-state index is 11.8. The largest absolute Gasteiger partial charge is 0.376 e. The van der Waals surface area contributed by atoms with E-state index in [1.807, 2.05) is 38.1 Å². The van der Waals surface area contributed by atoms with Gasteiger partial charge in [0.05, 0.1) is 12.8 Å². The smallest absolute Gasteiger partial charge is 0.259 e. The van der Waals surface area contributed by atoms with Gasteiger partial charge in [-0.1, -0.05) is 55.8 Å². The molecule has 4 nitrogen and oxygen atoms in total. The van der Waals surface area contributed by atoms with Gasteiger partial charge in [0.25, 0.3) is 5.91 Å². The molecule has 2 N–H and O–H groups in total. The van der Waals surface area contributed by atoms with Crippen molar-refractivity contribution < 1.29 is 4.79 Å². The molecule has 2 aromatic carbocycles. The second kappa shape index (κ2) is 8.29. The fourth-order valence-corrected chi connectivity index (χ4v) is 2.37. The van der Waals surface area contributed by atoms with Crippen molar-refractivity contribution in [2.45, 2.75) is 33.6 Å². The first kappa shape index (κ1) is 17.7. The molecule has 0 spiro atoms. The molecule has 0 aliphatic carbocycles. The van der Waals surface area contributed by atoms with Crippen molar-refractivity contribution in [2.75, 3.05) is 11.9 Å². The lowest BCUT2D eigenvalue weighted by Crippen LogP contribution is -2.26. The number of nitrogens with one attached hydrogen (secondary N) is 2. The minimum Gasteiger partial charge on any atom is -0.376 e. The topological polar surface area (TPSA) is 53.5 Å². The third kappa shape index (κ3) is 5.23. The number of hydrazone groups is 1. The number of aryl methyl sites for hydroxylation is 2. The Labute approximate surface area is 144 Å². The van der Waals surface area contributed by atoms with Gasteiger partial charge in [0, 0.05) is 5.69 Å². The highest BCUT2D eigenvalue weighted by molar-refractivity contribution is 5.84. The third-order valence-corrected chi connectivity index (χ3v) is 3.83. The van der Waals surface area contributed by atoms with Crippen LogP contribution in [-0.2, 0) is 4.79 Å². The van der Waals surface area contributed by atoms with Gasteiger partial charge < -0.3 is 5.32 Å². The summed E-state index contributed by atoms with van der Waals surface area (Å²) < 4.78 is 0. The highest BCUT2D eigenvalue weighted by Gasteiger charge is 2.02. The highest BCUT2D eigenvalue weighted by Crippen LogP contribution is 2.15. The van der Waals surface area contributed by atoms with E-state index >= 15 is 0 Å². The van der Waals surface area contributed by atoms with Crippen molar-refractivity contribution >= 4 is 17.8 Å². The summed E-state index contributed by atoms with van der Waals surface area (Å²) in [5.41, 5.74) is 8.07. The first-order valence-corrected chi connectivity index (χ1v) is 8.18. The van der Waals surface area contributed by atoms with Gasteiger partial charge in [0.1, 0.15) is 0 Å². The summed E-state index contributed by atoms with van der Waals surface area (Å²) in [7, 11) is 0. The van der Waals surface area contributed by atoms with Gasteiger partial charge in [-0.15, -0.1) is 0 Å². The van der Waals surface area contributed by atoms with Gasteiger partial charge in [-0.05, 0) is 42.5 Å². The molecular formula is C20H25N3O. The van der Waals surface area contributed by atoms with Gasteiger partial charge >= 0.3 is 0 Å². The Bertz CT molecular complexity index is 718. The number of nitrogens with zero attached hydrogens (tertiary/aromatic N) is 1. The van der Waals surface area contributed by atoms with Crippen molar-refractivity contribution in [3.8, 4) is 0 Å². The van der Waals surface area contributed by atoms with E-state index in [-0.39, 0.29) is 12.5 Å². The molecule has 0 aliphatic rings. The van der Waals surface area contributed by atoms with Crippen LogP contribution in [0.15, 0.2) is 47.6 Å². The average Bonchev–Trinajstić information content (AvgIpc) is 2.54. The summed E-state index contributed by atoms with van der Waals surface area (Å²) in [4.78, 5) is 11.8. The van der Waals surface area contributed by atoms with Gasteiger partial charge in [-0.3, -0.25) is 4.79 Å². The molecule has 1 amide bonds. The van der Waals surface area contributed by atoms with Crippen LogP contribution in [0.5, 0.6) is 0 Å². The Morgan fingerprint density at radius 1 is 1.12 bits per heavy atom. The molecule has 0 radical (unpaired) electrons. The highest BCUT2D eigenvalue weighted by atomic mass is 16.2. The molecule has 2 rings (SSSR count). The summed E-state index contributed by atoms with van der Waals surface area (Å²) in [6, 6.07) is 14.2. The second-order valence-corrected chi connectivity index (χ2v) is 6.29. The fraction of sp³-hybridized carbons (Fsp3) is 0.300. The number of hydrogen-bond acceptors (Lipinski definition) is 3. The lowest BCUT2D eigenvalue weighted by molar-refractivity contribution is -0.119. The maximum absolute atomic E-state index is 11.8. The SMILES string of the molecule is Cc1ccc(NCC(=O)NN=Cc2ccc(C(C)C)cc2)c(C)c1. The maximum Gasteiger partial charge on any atom is 0.259 e. The summed E-state index contributed by atoms with van der Waals surface area (Å²) in [5, 5.41) is 7.12. The van der Waals surface area contributed by atoms with Crippen LogP contribution in [0, 0.1) is 13.8 Å². The predicted octanol–water partition coefficient (Wildman–Crippen LogP) is 3.99. The number of anilines is 1. The van der Waals surface area contributed by atoms with E-state index in [0.717, 1.165) is 16.8 Å². The van der Waals surface area contributed by atoms with Crippen LogP contribution in [0.2, 0.25) is 0 Å². The van der Waals surface area contributed by atoms with Crippen LogP contribution in [0.25, 0.3) is 0 Å². The Balaban J connectivity index is 1.82. The molecule has 0 aliphatic heterocycles. The summed E-state index contributed by atoms with van der Waals surface area (Å²) in [6.07, 6.45) is 1.65. The molecule has 0 fully saturated rings. The van der Waals surface area contributed by atoms with Crippen LogP contribution < -0.4 is 10.7 Å². The molecule has 0 bridgehead atoms. The lowest BCUT2D eigenvalue weighted by Gasteiger charge is -2.09. The zero-order valence-electron chi connectivity index (χ0n) is 14.8. The van der Waals surface area contributed by atoms with E-state index in [9.17, 15) is 4.79 Å². The summed E-state index contributed by atoms with van der Waals surface area (Å²) in [5.74, 6) is 0.331. The van der Waals surface area contributed by atoms with Crippen molar-refractivity contribution in [3.63, 3.8) is 0 Å². The van der Waals surface area contributed by atoms with Crippen LogP contribution in [0.1, 0.15) is 42.0 Å². The molecule has 2 aromatic rings. The molecule has 0 saturated heterocycles. The number of carbonyl (C=O) groups is 1.